The van der Waals surface area contributed by atoms with Crippen LogP contribution in [-0.4, -0.2) is 58.6 Å². The topological polar surface area (TPSA) is 72.0 Å². The van der Waals surface area contributed by atoms with Crippen molar-refractivity contribution >= 4 is 11.9 Å². The number of hydrogen-bond acceptors (Lipinski definition) is 6. The van der Waals surface area contributed by atoms with Gasteiger partial charge in [0.25, 0.3) is 0 Å². The molecule has 0 unspecified atom stereocenters. The molecule has 5 rings (SSSR count). The molecule has 7 nitrogen and oxygen atoms in total. The third-order valence-corrected chi connectivity index (χ3v) is 6.28. The summed E-state index contributed by atoms with van der Waals surface area (Å²) in [4.78, 5) is 33.2. The van der Waals surface area contributed by atoms with Crippen LogP contribution in [0.5, 0.6) is 0 Å². The zero-order valence-electron chi connectivity index (χ0n) is 16.3. The first-order chi connectivity index (χ1) is 14.1. The van der Waals surface area contributed by atoms with Crippen molar-refractivity contribution in [2.75, 3.05) is 20.2 Å². The lowest BCUT2D eigenvalue weighted by molar-refractivity contribution is -0.138. The van der Waals surface area contributed by atoms with Gasteiger partial charge in [-0.3, -0.25) is 9.69 Å². The van der Waals surface area contributed by atoms with E-state index in [1.165, 1.54) is 7.11 Å². The fourth-order valence-corrected chi connectivity index (χ4v) is 4.93. The number of benzene rings is 1. The number of carbonyl (C=O) groups is 2. The summed E-state index contributed by atoms with van der Waals surface area (Å²) in [7, 11) is 1.35. The van der Waals surface area contributed by atoms with Gasteiger partial charge in [-0.15, -0.1) is 0 Å². The van der Waals surface area contributed by atoms with Crippen LogP contribution >= 0.6 is 0 Å². The van der Waals surface area contributed by atoms with E-state index in [0.29, 0.717) is 25.2 Å². The molecule has 29 heavy (non-hydrogen) atoms. The van der Waals surface area contributed by atoms with E-state index >= 15 is 0 Å². The molecule has 3 saturated heterocycles. The second kappa shape index (κ2) is 6.93. The van der Waals surface area contributed by atoms with Crippen molar-refractivity contribution < 1.29 is 19.1 Å². The van der Waals surface area contributed by atoms with Gasteiger partial charge in [-0.25, -0.2) is 9.78 Å². The van der Waals surface area contributed by atoms with Gasteiger partial charge in [-0.05, 0) is 17.7 Å². The number of pyridine rings is 1. The van der Waals surface area contributed by atoms with Crippen molar-refractivity contribution in [1.82, 2.24) is 14.8 Å². The first-order valence-electron chi connectivity index (χ1n) is 9.92. The molecule has 1 aromatic carbocycles. The number of carbonyl (C=O) groups excluding carboxylic acids is 2. The van der Waals surface area contributed by atoms with E-state index in [0.717, 1.165) is 24.2 Å². The van der Waals surface area contributed by atoms with Crippen LogP contribution in [-0.2, 0) is 20.8 Å². The molecule has 3 fully saturated rings. The van der Waals surface area contributed by atoms with E-state index in [4.69, 9.17) is 9.47 Å². The summed E-state index contributed by atoms with van der Waals surface area (Å²) in [6.45, 7) is 1.99. The maximum absolute atomic E-state index is 12.8. The van der Waals surface area contributed by atoms with E-state index in [1.807, 2.05) is 35.2 Å². The quantitative estimate of drug-likeness (QED) is 0.742. The number of rotatable bonds is 4. The van der Waals surface area contributed by atoms with E-state index in [-0.39, 0.29) is 18.1 Å². The van der Waals surface area contributed by atoms with Crippen LogP contribution in [0.25, 0.3) is 0 Å². The average Bonchev–Trinajstić information content (AvgIpc) is 3.38. The van der Waals surface area contributed by atoms with Crippen molar-refractivity contribution in [2.45, 2.75) is 37.3 Å². The second-order valence-electron chi connectivity index (χ2n) is 7.81. The predicted octanol–water partition coefficient (Wildman–Crippen LogP) is 2.14. The van der Waals surface area contributed by atoms with Crippen LogP contribution in [0.3, 0.4) is 0 Å². The van der Waals surface area contributed by atoms with Gasteiger partial charge in [0.05, 0.1) is 25.4 Å². The van der Waals surface area contributed by atoms with Gasteiger partial charge in [-0.1, -0.05) is 36.4 Å². The summed E-state index contributed by atoms with van der Waals surface area (Å²) in [5.41, 5.74) is 1.63. The monoisotopic (exact) mass is 393 g/mol. The Hall–Kier alpha value is -2.77. The molecule has 1 aromatic heterocycles. The summed E-state index contributed by atoms with van der Waals surface area (Å²) in [6, 6.07) is 15.4. The van der Waals surface area contributed by atoms with Gasteiger partial charge in [0.15, 0.2) is 5.72 Å². The minimum atomic E-state index is -0.558. The molecule has 2 aromatic rings. The van der Waals surface area contributed by atoms with Gasteiger partial charge >= 0.3 is 5.97 Å². The third-order valence-electron chi connectivity index (χ3n) is 6.28. The second-order valence-corrected chi connectivity index (χ2v) is 7.81. The summed E-state index contributed by atoms with van der Waals surface area (Å²) in [6.07, 6.45) is 1.14. The van der Waals surface area contributed by atoms with Crippen molar-refractivity contribution in [3.63, 3.8) is 0 Å². The molecule has 0 saturated carbocycles. The van der Waals surface area contributed by atoms with E-state index in [9.17, 15) is 9.59 Å². The molecular formula is C22H23N3O4. The van der Waals surface area contributed by atoms with E-state index < -0.39 is 11.7 Å². The van der Waals surface area contributed by atoms with Gasteiger partial charge in [-0.2, -0.15) is 0 Å². The first-order valence-corrected chi connectivity index (χ1v) is 9.92. The van der Waals surface area contributed by atoms with Gasteiger partial charge in [0.1, 0.15) is 11.8 Å². The van der Waals surface area contributed by atoms with Crippen molar-refractivity contribution in [3.05, 3.63) is 65.5 Å². The predicted molar refractivity (Wildman–Crippen MR) is 104 cm³/mol. The number of methoxy groups -OCH3 is 1. The average molecular weight is 393 g/mol. The Morgan fingerprint density at radius 1 is 1.24 bits per heavy atom. The molecule has 3 aliphatic rings. The first kappa shape index (κ1) is 18.3. The summed E-state index contributed by atoms with van der Waals surface area (Å²) >= 11 is 0. The smallest absolute Gasteiger partial charge is 0.356 e. The highest BCUT2D eigenvalue weighted by Crippen LogP contribution is 2.50. The number of esters is 1. The van der Waals surface area contributed by atoms with Crippen molar-refractivity contribution in [3.8, 4) is 0 Å². The number of nitrogens with zero attached hydrogens (tertiary/aromatic N) is 3. The molecule has 0 aliphatic carbocycles. The normalized spacial score (nSPS) is 28.4. The highest BCUT2D eigenvalue weighted by molar-refractivity contribution is 5.87. The van der Waals surface area contributed by atoms with Crippen LogP contribution in [0.2, 0.25) is 0 Å². The van der Waals surface area contributed by atoms with Crippen LogP contribution < -0.4 is 0 Å². The Kier molecular flexibility index (Phi) is 4.37. The largest absolute Gasteiger partial charge is 0.464 e. The molecule has 3 aliphatic heterocycles. The molecule has 7 heteroatoms. The van der Waals surface area contributed by atoms with Gasteiger partial charge in [0.2, 0.25) is 5.91 Å². The maximum atomic E-state index is 12.8. The Balaban J connectivity index is 1.37. The number of amides is 1. The summed E-state index contributed by atoms with van der Waals surface area (Å²) in [5.74, 6) is -0.300. The standard InChI is InChI=1S/C22H23N3O4/c1-28-21(27)17-9-5-8-16(23-17)13-24-11-10-22-19(24)12-20(26)25(22)14-18(29-22)15-6-3-2-4-7-15/h2-9,18-19H,10-14H2,1H3/t18-,19-,22+/m1/s1. The summed E-state index contributed by atoms with van der Waals surface area (Å²) in [5, 5.41) is 0. The van der Waals surface area contributed by atoms with Gasteiger partial charge in [0, 0.05) is 25.9 Å². The number of likely N-dealkylation sites (tertiary alicyclic amines) is 1. The molecule has 1 spiro atoms. The molecule has 0 N–H and O–H groups in total. The highest BCUT2D eigenvalue weighted by atomic mass is 16.5. The number of ether oxygens (including phenoxy) is 2. The SMILES string of the molecule is COC(=O)c1cccc(CN2CC[C@@]34O[C@@H](c5ccccc5)CN3C(=O)C[C@@H]24)n1. The van der Waals surface area contributed by atoms with Crippen LogP contribution in [0.15, 0.2) is 48.5 Å². The van der Waals surface area contributed by atoms with E-state index in [1.54, 1.807) is 6.07 Å². The highest BCUT2D eigenvalue weighted by Gasteiger charge is 2.63. The maximum Gasteiger partial charge on any atom is 0.356 e. The Labute approximate surface area is 169 Å². The Morgan fingerprint density at radius 2 is 2.07 bits per heavy atom. The lowest BCUT2D eigenvalue weighted by Crippen LogP contribution is -2.47. The number of hydrogen-bond donors (Lipinski definition) is 0. The zero-order chi connectivity index (χ0) is 20.0. The molecule has 0 bridgehead atoms. The fourth-order valence-electron chi connectivity index (χ4n) is 4.93. The number of aromatic nitrogens is 1. The fraction of sp³-hybridized carbons (Fsp3) is 0.409. The van der Waals surface area contributed by atoms with Crippen LogP contribution in [0.4, 0.5) is 0 Å². The molecular weight excluding hydrogens is 370 g/mol. The molecule has 1 amide bonds. The molecule has 4 heterocycles. The lowest BCUT2D eigenvalue weighted by atomic mass is 10.1. The molecule has 3 atom stereocenters. The third kappa shape index (κ3) is 2.92. The minimum absolute atomic E-state index is 0.00713. The van der Waals surface area contributed by atoms with Crippen LogP contribution in [0.1, 0.15) is 40.7 Å². The molecule has 0 radical (unpaired) electrons. The zero-order valence-corrected chi connectivity index (χ0v) is 16.3. The Bertz CT molecular complexity index is 950. The van der Waals surface area contributed by atoms with Crippen LogP contribution in [0, 0.1) is 0 Å². The summed E-state index contributed by atoms with van der Waals surface area (Å²) < 4.78 is 11.3. The minimum Gasteiger partial charge on any atom is -0.464 e. The Morgan fingerprint density at radius 3 is 2.86 bits per heavy atom. The van der Waals surface area contributed by atoms with Crippen molar-refractivity contribution in [2.24, 2.45) is 0 Å². The van der Waals surface area contributed by atoms with Gasteiger partial charge < -0.3 is 14.4 Å². The molecule has 150 valence electrons. The lowest BCUT2D eigenvalue weighted by Gasteiger charge is -2.32. The van der Waals surface area contributed by atoms with E-state index in [2.05, 4.69) is 22.0 Å². The van der Waals surface area contributed by atoms with Crippen molar-refractivity contribution in [1.29, 1.82) is 0 Å².